The lowest BCUT2D eigenvalue weighted by molar-refractivity contribution is -0.145. The molecule has 0 N–H and O–H groups in total. The molecular weight excluding hydrogens is 655 g/mol. The third kappa shape index (κ3) is 9.17. The SMILES string of the molecule is O=C([C@H](Cc1ccccc1)N(Cc1ccc(Br)cc1)C(=O)/C=C/c1ccc(C(F)(F)F)cc1)N1CCN(Cc2ccccc2)CC1. The highest BCUT2D eigenvalue weighted by molar-refractivity contribution is 9.10. The van der Waals surface area contributed by atoms with Crippen molar-refractivity contribution in [3.63, 3.8) is 0 Å². The van der Waals surface area contributed by atoms with Crippen LogP contribution in [0.3, 0.4) is 0 Å². The normalized spacial score (nSPS) is 14.7. The highest BCUT2D eigenvalue weighted by Crippen LogP contribution is 2.29. The number of hydrogen-bond acceptors (Lipinski definition) is 3. The monoisotopic (exact) mass is 689 g/mol. The van der Waals surface area contributed by atoms with E-state index in [9.17, 15) is 22.8 Å². The first kappa shape index (κ1) is 33.2. The van der Waals surface area contributed by atoms with Gasteiger partial charge in [-0.05, 0) is 52.6 Å². The molecule has 0 unspecified atom stereocenters. The number of nitrogens with zero attached hydrogens (tertiary/aromatic N) is 3. The van der Waals surface area contributed by atoms with Crippen LogP contribution in [0.2, 0.25) is 0 Å². The highest BCUT2D eigenvalue weighted by atomic mass is 79.9. The molecule has 1 aliphatic rings. The lowest BCUT2D eigenvalue weighted by Crippen LogP contribution is -2.56. The van der Waals surface area contributed by atoms with E-state index in [0.717, 1.165) is 34.3 Å². The van der Waals surface area contributed by atoms with Crippen LogP contribution >= 0.6 is 15.9 Å². The molecule has 0 aliphatic carbocycles. The van der Waals surface area contributed by atoms with Crippen molar-refractivity contribution in [2.75, 3.05) is 26.2 Å². The van der Waals surface area contributed by atoms with E-state index < -0.39 is 23.7 Å². The predicted molar refractivity (Wildman–Crippen MR) is 177 cm³/mol. The summed E-state index contributed by atoms with van der Waals surface area (Å²) in [6, 6.07) is 31.2. The van der Waals surface area contributed by atoms with Gasteiger partial charge in [0.2, 0.25) is 11.8 Å². The summed E-state index contributed by atoms with van der Waals surface area (Å²) in [4.78, 5) is 34.0. The van der Waals surface area contributed by atoms with Crippen LogP contribution in [-0.2, 0) is 35.3 Å². The Bertz CT molecular complexity index is 1600. The number of rotatable bonds is 10. The summed E-state index contributed by atoms with van der Waals surface area (Å²) in [7, 11) is 0. The number of carbonyl (C=O) groups is 2. The number of piperazine rings is 1. The van der Waals surface area contributed by atoms with E-state index >= 15 is 0 Å². The maximum absolute atomic E-state index is 14.3. The summed E-state index contributed by atoms with van der Waals surface area (Å²) < 4.78 is 40.1. The van der Waals surface area contributed by atoms with Crippen LogP contribution in [0, 0.1) is 0 Å². The standard InChI is InChI=1S/C37H35BrF3N3O2/c38-33-18-13-31(14-19-33)27-44(35(45)20-15-28-11-16-32(17-12-28)37(39,40)41)34(25-29-7-3-1-4-8-29)36(46)43-23-21-42(22-24-43)26-30-9-5-2-6-10-30/h1-20,34H,21-27H2/b20-15+/t34-/m0/s1. The van der Waals surface area contributed by atoms with Crippen molar-refractivity contribution in [1.29, 1.82) is 0 Å². The molecule has 0 spiro atoms. The lowest BCUT2D eigenvalue weighted by Gasteiger charge is -2.39. The number of alkyl halides is 3. The van der Waals surface area contributed by atoms with Gasteiger partial charge in [0.15, 0.2) is 0 Å². The van der Waals surface area contributed by atoms with Gasteiger partial charge < -0.3 is 9.80 Å². The van der Waals surface area contributed by atoms with Crippen molar-refractivity contribution >= 4 is 33.8 Å². The Morgan fingerprint density at radius 3 is 1.93 bits per heavy atom. The van der Waals surface area contributed by atoms with Gasteiger partial charge >= 0.3 is 6.18 Å². The van der Waals surface area contributed by atoms with Gasteiger partial charge in [-0.3, -0.25) is 14.5 Å². The number of halogens is 4. The van der Waals surface area contributed by atoms with Gasteiger partial charge in [-0.15, -0.1) is 0 Å². The third-order valence-corrected chi connectivity index (χ3v) is 8.60. The van der Waals surface area contributed by atoms with E-state index in [1.807, 2.05) is 77.7 Å². The number of benzene rings is 4. The van der Waals surface area contributed by atoms with Gasteiger partial charge in [0.05, 0.1) is 5.56 Å². The summed E-state index contributed by atoms with van der Waals surface area (Å²) in [5.74, 6) is -0.531. The average Bonchev–Trinajstić information content (AvgIpc) is 3.07. The minimum Gasteiger partial charge on any atom is -0.338 e. The summed E-state index contributed by atoms with van der Waals surface area (Å²) >= 11 is 3.46. The van der Waals surface area contributed by atoms with E-state index in [4.69, 9.17) is 0 Å². The van der Waals surface area contributed by atoms with Crippen molar-refractivity contribution in [3.05, 3.63) is 148 Å². The Labute approximate surface area is 276 Å². The minimum atomic E-state index is -4.45. The van der Waals surface area contributed by atoms with Crippen LogP contribution in [0.5, 0.6) is 0 Å². The summed E-state index contributed by atoms with van der Waals surface area (Å²) in [5, 5.41) is 0. The van der Waals surface area contributed by atoms with Crippen LogP contribution in [0.15, 0.2) is 120 Å². The lowest BCUT2D eigenvalue weighted by atomic mass is 10.0. The zero-order valence-electron chi connectivity index (χ0n) is 25.2. The zero-order chi connectivity index (χ0) is 32.5. The Kier molecular flexibility index (Phi) is 11.1. The minimum absolute atomic E-state index is 0.128. The van der Waals surface area contributed by atoms with E-state index in [1.165, 1.54) is 29.8 Å². The molecule has 2 amide bonds. The summed E-state index contributed by atoms with van der Waals surface area (Å²) in [6.07, 6.45) is -1.30. The van der Waals surface area contributed by atoms with Crippen LogP contribution in [0.25, 0.3) is 6.08 Å². The number of hydrogen-bond donors (Lipinski definition) is 0. The molecule has 1 saturated heterocycles. The molecule has 46 heavy (non-hydrogen) atoms. The van der Waals surface area contributed by atoms with E-state index in [2.05, 4.69) is 33.0 Å². The molecule has 0 saturated carbocycles. The van der Waals surface area contributed by atoms with Crippen molar-refractivity contribution in [3.8, 4) is 0 Å². The van der Waals surface area contributed by atoms with Gasteiger partial charge in [0, 0.05) is 56.2 Å². The number of amides is 2. The molecule has 1 aliphatic heterocycles. The van der Waals surface area contributed by atoms with Crippen molar-refractivity contribution < 1.29 is 22.8 Å². The molecular formula is C37H35BrF3N3O2. The molecule has 1 atom stereocenters. The van der Waals surface area contributed by atoms with Crippen molar-refractivity contribution in [2.24, 2.45) is 0 Å². The van der Waals surface area contributed by atoms with Gasteiger partial charge in [0.25, 0.3) is 0 Å². The van der Waals surface area contributed by atoms with E-state index in [-0.39, 0.29) is 12.5 Å². The molecule has 4 aromatic carbocycles. The van der Waals surface area contributed by atoms with E-state index in [1.54, 1.807) is 4.90 Å². The molecule has 1 fully saturated rings. The van der Waals surface area contributed by atoms with Gasteiger partial charge in [-0.25, -0.2) is 0 Å². The molecule has 0 radical (unpaired) electrons. The Morgan fingerprint density at radius 2 is 1.35 bits per heavy atom. The second kappa shape index (κ2) is 15.4. The first-order valence-corrected chi connectivity index (χ1v) is 15.9. The van der Waals surface area contributed by atoms with Crippen LogP contribution in [0.1, 0.15) is 27.8 Å². The topological polar surface area (TPSA) is 43.9 Å². The molecule has 0 bridgehead atoms. The summed E-state index contributed by atoms with van der Waals surface area (Å²) in [5.41, 5.74) is 2.67. The molecule has 0 aromatic heterocycles. The largest absolute Gasteiger partial charge is 0.416 e. The number of carbonyl (C=O) groups excluding carboxylic acids is 2. The Hall–Kier alpha value is -4.21. The van der Waals surface area contributed by atoms with Gasteiger partial charge in [-0.1, -0.05) is 101 Å². The first-order chi connectivity index (χ1) is 22.2. The van der Waals surface area contributed by atoms with Crippen LogP contribution in [-0.4, -0.2) is 58.7 Å². The fourth-order valence-corrected chi connectivity index (χ4v) is 5.79. The molecule has 1 heterocycles. The Balaban J connectivity index is 1.40. The van der Waals surface area contributed by atoms with Crippen molar-refractivity contribution in [1.82, 2.24) is 14.7 Å². The van der Waals surface area contributed by atoms with Crippen molar-refractivity contribution in [2.45, 2.75) is 31.7 Å². The molecule has 5 nitrogen and oxygen atoms in total. The summed E-state index contributed by atoms with van der Waals surface area (Å²) in [6.45, 7) is 3.50. The quantitative estimate of drug-likeness (QED) is 0.162. The van der Waals surface area contributed by atoms with Crippen LogP contribution in [0.4, 0.5) is 13.2 Å². The highest BCUT2D eigenvalue weighted by Gasteiger charge is 2.34. The second-order valence-electron chi connectivity index (χ2n) is 11.3. The van der Waals surface area contributed by atoms with E-state index in [0.29, 0.717) is 38.2 Å². The first-order valence-electron chi connectivity index (χ1n) is 15.1. The van der Waals surface area contributed by atoms with Crippen LogP contribution < -0.4 is 0 Å². The Morgan fingerprint density at radius 1 is 0.761 bits per heavy atom. The maximum Gasteiger partial charge on any atom is 0.416 e. The average molecular weight is 691 g/mol. The zero-order valence-corrected chi connectivity index (χ0v) is 26.8. The molecule has 5 rings (SSSR count). The smallest absolute Gasteiger partial charge is 0.338 e. The van der Waals surface area contributed by atoms with Gasteiger partial charge in [-0.2, -0.15) is 13.2 Å². The fraction of sp³-hybridized carbons (Fsp3) is 0.243. The fourth-order valence-electron chi connectivity index (χ4n) is 5.52. The second-order valence-corrected chi connectivity index (χ2v) is 12.3. The van der Waals surface area contributed by atoms with Gasteiger partial charge in [0.1, 0.15) is 6.04 Å². The third-order valence-electron chi connectivity index (χ3n) is 8.07. The molecule has 9 heteroatoms. The molecule has 4 aromatic rings. The molecule has 238 valence electrons. The predicted octanol–water partition coefficient (Wildman–Crippen LogP) is 7.47. The maximum atomic E-state index is 14.3.